The summed E-state index contributed by atoms with van der Waals surface area (Å²) in [5, 5.41) is 0.706. The number of benzene rings is 1. The molecule has 0 spiro atoms. The third-order valence-electron chi connectivity index (χ3n) is 4.70. The number of likely N-dealkylation sites (N-methyl/N-ethyl adjacent to an activating group) is 1. The second-order valence-electron chi connectivity index (χ2n) is 6.76. The van der Waals surface area contributed by atoms with Crippen LogP contribution in [0.25, 0.3) is 0 Å². The monoisotopic (exact) mass is 376 g/mol. The molecule has 1 aliphatic heterocycles. The Hall–Kier alpha value is -2.05. The summed E-state index contributed by atoms with van der Waals surface area (Å²) in [6.07, 6.45) is 2.36. The highest BCUT2D eigenvalue weighted by Crippen LogP contribution is 2.24. The van der Waals surface area contributed by atoms with Gasteiger partial charge < -0.3 is 14.2 Å². The summed E-state index contributed by atoms with van der Waals surface area (Å²) >= 11 is 5.89. The molecule has 1 aliphatic rings. The van der Waals surface area contributed by atoms with Crippen molar-refractivity contribution < 1.29 is 9.53 Å². The molecule has 6 nitrogen and oxygen atoms in total. The zero-order valence-electron chi connectivity index (χ0n) is 15.5. The minimum atomic E-state index is 0.0707. The summed E-state index contributed by atoms with van der Waals surface area (Å²) in [6, 6.07) is 7.60. The Balaban J connectivity index is 1.57. The first-order chi connectivity index (χ1) is 12.4. The molecule has 1 amide bonds. The van der Waals surface area contributed by atoms with Crippen LogP contribution in [0.5, 0.6) is 5.75 Å². The smallest absolute Gasteiger partial charge is 0.228 e. The van der Waals surface area contributed by atoms with E-state index in [2.05, 4.69) is 16.4 Å². The number of carbonyl (C=O) groups is 1. The Morgan fingerprint density at radius 3 is 2.73 bits per heavy atom. The van der Waals surface area contributed by atoms with Crippen molar-refractivity contribution in [3.8, 4) is 5.75 Å². The highest BCUT2D eigenvalue weighted by atomic mass is 35.5. The molecule has 140 valence electrons. The van der Waals surface area contributed by atoms with Crippen LogP contribution in [0, 0.1) is 0 Å². The molecule has 26 heavy (non-hydrogen) atoms. The number of amides is 1. The predicted octanol–water partition coefficient (Wildman–Crippen LogP) is 2.62. The number of ether oxygens (including phenoxy) is 1. The van der Waals surface area contributed by atoms with Gasteiger partial charge in [0, 0.05) is 44.9 Å². The lowest BCUT2D eigenvalue weighted by Gasteiger charge is -2.33. The van der Waals surface area contributed by atoms with Crippen LogP contribution in [-0.4, -0.2) is 59.0 Å². The van der Waals surface area contributed by atoms with Gasteiger partial charge in [-0.2, -0.15) is 0 Å². The van der Waals surface area contributed by atoms with Gasteiger partial charge in [-0.3, -0.25) is 9.69 Å². The van der Waals surface area contributed by atoms with E-state index in [9.17, 15) is 4.79 Å². The van der Waals surface area contributed by atoms with E-state index in [1.165, 1.54) is 0 Å². The Labute approximate surface area is 159 Å². The fourth-order valence-corrected chi connectivity index (χ4v) is 3.23. The molecule has 0 saturated heterocycles. The number of fused-ring (bicyclic) bond motifs is 1. The molecule has 1 aromatic carbocycles. The highest BCUT2D eigenvalue weighted by Gasteiger charge is 2.26. The molecule has 1 atom stereocenters. The molecule has 1 aromatic heterocycles. The van der Waals surface area contributed by atoms with E-state index < -0.39 is 0 Å². The van der Waals surface area contributed by atoms with Gasteiger partial charge >= 0.3 is 0 Å². The Bertz CT molecular complexity index is 757. The van der Waals surface area contributed by atoms with E-state index in [0.29, 0.717) is 18.1 Å². The molecule has 2 aromatic rings. The summed E-state index contributed by atoms with van der Waals surface area (Å²) < 4.78 is 7.97. The lowest BCUT2D eigenvalue weighted by atomic mass is 10.2. The first-order valence-electron chi connectivity index (χ1n) is 8.82. The van der Waals surface area contributed by atoms with Gasteiger partial charge in [-0.25, -0.2) is 4.98 Å². The van der Waals surface area contributed by atoms with Crippen LogP contribution >= 0.6 is 11.6 Å². The summed E-state index contributed by atoms with van der Waals surface area (Å²) in [7, 11) is 3.53. The summed E-state index contributed by atoms with van der Waals surface area (Å²) in [5.41, 5.74) is 0.838. The van der Waals surface area contributed by atoms with Gasteiger partial charge in [-0.1, -0.05) is 11.6 Å². The lowest BCUT2D eigenvalue weighted by Crippen LogP contribution is -2.39. The number of halogens is 1. The van der Waals surface area contributed by atoms with Crippen molar-refractivity contribution in [1.29, 1.82) is 0 Å². The van der Waals surface area contributed by atoms with Gasteiger partial charge in [0.05, 0.1) is 18.2 Å². The van der Waals surface area contributed by atoms with Crippen LogP contribution in [0.1, 0.15) is 24.5 Å². The fraction of sp³-hybridized carbons (Fsp3) is 0.474. The normalized spacial score (nSPS) is 17.0. The SMILES string of the molecule is C[C@@H]1c2nc(CC(=O)N(C)C)cn2CCN1CCOc1ccc(Cl)cc1. The summed E-state index contributed by atoms with van der Waals surface area (Å²) in [6.45, 7) is 5.40. The van der Waals surface area contributed by atoms with Crippen molar-refractivity contribution in [3.05, 3.63) is 47.0 Å². The molecule has 0 fully saturated rings. The molecule has 3 rings (SSSR count). The molecule has 0 aliphatic carbocycles. The standard InChI is InChI=1S/C19H25ClN4O2/c1-14-19-21-16(12-18(25)22(2)3)13-24(19)9-8-23(14)10-11-26-17-6-4-15(20)5-7-17/h4-7,13-14H,8-12H2,1-3H3/t14-/m1/s1. The Kier molecular flexibility index (Phi) is 5.84. The number of hydrogen-bond donors (Lipinski definition) is 0. The van der Waals surface area contributed by atoms with Crippen molar-refractivity contribution in [1.82, 2.24) is 19.4 Å². The third-order valence-corrected chi connectivity index (χ3v) is 4.95. The van der Waals surface area contributed by atoms with Gasteiger partial charge in [-0.15, -0.1) is 0 Å². The molecule has 7 heteroatoms. The maximum absolute atomic E-state index is 11.9. The molecule has 0 bridgehead atoms. The number of hydrogen-bond acceptors (Lipinski definition) is 4. The van der Waals surface area contributed by atoms with Crippen molar-refractivity contribution in [2.24, 2.45) is 0 Å². The van der Waals surface area contributed by atoms with Crippen LogP contribution < -0.4 is 4.74 Å². The molecule has 2 heterocycles. The molecule has 0 saturated carbocycles. The minimum absolute atomic E-state index is 0.0707. The molecular formula is C19H25ClN4O2. The van der Waals surface area contributed by atoms with E-state index >= 15 is 0 Å². The number of nitrogens with zero attached hydrogens (tertiary/aromatic N) is 4. The van der Waals surface area contributed by atoms with E-state index in [1.807, 2.05) is 30.5 Å². The van der Waals surface area contributed by atoms with Crippen molar-refractivity contribution >= 4 is 17.5 Å². The highest BCUT2D eigenvalue weighted by molar-refractivity contribution is 6.30. The van der Waals surface area contributed by atoms with Crippen LogP contribution in [0.4, 0.5) is 0 Å². The van der Waals surface area contributed by atoms with E-state index in [0.717, 1.165) is 36.9 Å². The lowest BCUT2D eigenvalue weighted by molar-refractivity contribution is -0.128. The zero-order chi connectivity index (χ0) is 18.7. The number of rotatable bonds is 6. The minimum Gasteiger partial charge on any atom is -0.492 e. The largest absolute Gasteiger partial charge is 0.492 e. The van der Waals surface area contributed by atoms with Gasteiger partial charge in [0.1, 0.15) is 18.2 Å². The van der Waals surface area contributed by atoms with Gasteiger partial charge in [0.2, 0.25) is 5.91 Å². The Morgan fingerprint density at radius 1 is 1.31 bits per heavy atom. The molecule has 0 radical (unpaired) electrons. The van der Waals surface area contributed by atoms with Gasteiger partial charge in [0.15, 0.2) is 0 Å². The van der Waals surface area contributed by atoms with Crippen LogP contribution in [0.3, 0.4) is 0 Å². The average Bonchev–Trinajstić information content (AvgIpc) is 3.02. The first-order valence-corrected chi connectivity index (χ1v) is 9.20. The molecular weight excluding hydrogens is 352 g/mol. The molecule has 0 unspecified atom stereocenters. The quantitative estimate of drug-likeness (QED) is 0.777. The summed E-state index contributed by atoms with van der Waals surface area (Å²) in [4.78, 5) is 20.6. The van der Waals surface area contributed by atoms with Crippen molar-refractivity contribution in [3.63, 3.8) is 0 Å². The topological polar surface area (TPSA) is 50.6 Å². The van der Waals surface area contributed by atoms with E-state index in [1.54, 1.807) is 19.0 Å². The fourth-order valence-electron chi connectivity index (χ4n) is 3.11. The van der Waals surface area contributed by atoms with E-state index in [-0.39, 0.29) is 11.9 Å². The number of imidazole rings is 1. The van der Waals surface area contributed by atoms with E-state index in [4.69, 9.17) is 21.3 Å². The number of aromatic nitrogens is 2. The maximum Gasteiger partial charge on any atom is 0.228 e. The predicted molar refractivity (Wildman–Crippen MR) is 102 cm³/mol. The van der Waals surface area contributed by atoms with Gasteiger partial charge in [-0.05, 0) is 31.2 Å². The van der Waals surface area contributed by atoms with Crippen molar-refractivity contribution in [2.75, 3.05) is 33.8 Å². The van der Waals surface area contributed by atoms with Crippen LogP contribution in [0.2, 0.25) is 5.02 Å². The number of carbonyl (C=O) groups excluding carboxylic acids is 1. The zero-order valence-corrected chi connectivity index (χ0v) is 16.2. The van der Waals surface area contributed by atoms with Crippen LogP contribution in [-0.2, 0) is 17.8 Å². The second kappa shape index (κ2) is 8.10. The maximum atomic E-state index is 11.9. The molecule has 0 N–H and O–H groups in total. The van der Waals surface area contributed by atoms with Gasteiger partial charge in [0.25, 0.3) is 0 Å². The van der Waals surface area contributed by atoms with Crippen LogP contribution in [0.15, 0.2) is 30.5 Å². The third kappa shape index (κ3) is 4.37. The second-order valence-corrected chi connectivity index (χ2v) is 7.20. The first kappa shape index (κ1) is 18.7. The van der Waals surface area contributed by atoms with Crippen molar-refractivity contribution in [2.45, 2.75) is 25.9 Å². The average molecular weight is 377 g/mol. The summed E-state index contributed by atoms with van der Waals surface area (Å²) in [5.74, 6) is 1.91. The Morgan fingerprint density at radius 2 is 2.04 bits per heavy atom.